The molecule has 2 atom stereocenters. The number of hydrogen-bond donors (Lipinski definition) is 1. The van der Waals surface area contributed by atoms with Crippen molar-refractivity contribution in [2.75, 3.05) is 6.61 Å². The highest BCUT2D eigenvalue weighted by atomic mass is 16.3. The first-order valence-corrected chi connectivity index (χ1v) is 5.05. The summed E-state index contributed by atoms with van der Waals surface area (Å²) in [5.74, 6) is 1.17. The Bertz CT molecular complexity index is 293. The maximum Gasteiger partial charge on any atom is 0.0465 e. The monoisotopic (exact) mass is 176 g/mol. The minimum atomic E-state index is 0.350. The van der Waals surface area contributed by atoms with Crippen molar-refractivity contribution in [1.29, 1.82) is 0 Å². The summed E-state index contributed by atoms with van der Waals surface area (Å²) in [5, 5.41) is 9.00. The lowest BCUT2D eigenvalue weighted by Gasteiger charge is -2.05. The van der Waals surface area contributed by atoms with E-state index in [-0.39, 0.29) is 0 Å². The van der Waals surface area contributed by atoms with Gasteiger partial charge >= 0.3 is 0 Å². The van der Waals surface area contributed by atoms with Gasteiger partial charge in [-0.3, -0.25) is 0 Å². The molecule has 2 unspecified atom stereocenters. The van der Waals surface area contributed by atoms with Crippen LogP contribution < -0.4 is 0 Å². The molecule has 0 heterocycles. The first kappa shape index (κ1) is 8.76. The molecule has 0 aromatic heterocycles. The van der Waals surface area contributed by atoms with Gasteiger partial charge < -0.3 is 5.11 Å². The molecular formula is C12H16O. The Balaban J connectivity index is 2.20. The van der Waals surface area contributed by atoms with E-state index in [0.717, 1.165) is 6.42 Å². The summed E-state index contributed by atoms with van der Waals surface area (Å²) in [6, 6.07) is 8.60. The second-order valence-electron chi connectivity index (χ2n) is 3.84. The zero-order valence-electron chi connectivity index (χ0n) is 8.03. The van der Waals surface area contributed by atoms with E-state index in [0.29, 0.717) is 18.4 Å². The number of aliphatic hydroxyl groups excluding tert-OH is 1. The van der Waals surface area contributed by atoms with Crippen molar-refractivity contribution in [2.24, 2.45) is 5.92 Å². The molecule has 0 bridgehead atoms. The first-order chi connectivity index (χ1) is 6.36. The molecule has 1 aliphatic rings. The molecule has 0 saturated heterocycles. The van der Waals surface area contributed by atoms with Crippen LogP contribution in [0.3, 0.4) is 0 Å². The molecule has 0 radical (unpaired) electrons. The van der Waals surface area contributed by atoms with Crippen LogP contribution in [0.5, 0.6) is 0 Å². The van der Waals surface area contributed by atoms with Crippen LogP contribution in [0.15, 0.2) is 24.3 Å². The third-order valence-corrected chi connectivity index (χ3v) is 2.99. The van der Waals surface area contributed by atoms with Crippen LogP contribution in [0.4, 0.5) is 0 Å². The zero-order chi connectivity index (χ0) is 9.26. The van der Waals surface area contributed by atoms with Gasteiger partial charge in [-0.05, 0) is 35.8 Å². The Morgan fingerprint density at radius 3 is 2.77 bits per heavy atom. The third kappa shape index (κ3) is 1.61. The molecule has 2 rings (SSSR count). The van der Waals surface area contributed by atoms with Crippen LogP contribution in [0, 0.1) is 5.92 Å². The molecule has 0 aliphatic heterocycles. The van der Waals surface area contributed by atoms with Crippen molar-refractivity contribution in [2.45, 2.75) is 25.7 Å². The molecule has 70 valence electrons. The number of aliphatic hydroxyl groups is 1. The maximum atomic E-state index is 9.00. The van der Waals surface area contributed by atoms with Crippen molar-refractivity contribution < 1.29 is 5.11 Å². The number of hydrogen-bond acceptors (Lipinski definition) is 1. The van der Waals surface area contributed by atoms with E-state index in [1.807, 2.05) is 0 Å². The van der Waals surface area contributed by atoms with Gasteiger partial charge in [0.2, 0.25) is 0 Å². The standard InChI is InChI=1S/C12H16O/c1-2-9-5-3-4-6-11(9)12-7-10(12)8-13/h3-6,10,12-13H,2,7-8H2,1H3. The molecule has 1 N–H and O–H groups in total. The fraction of sp³-hybridized carbons (Fsp3) is 0.500. The van der Waals surface area contributed by atoms with Gasteiger partial charge in [0, 0.05) is 6.61 Å². The molecule has 1 fully saturated rings. The molecular weight excluding hydrogens is 160 g/mol. The minimum absolute atomic E-state index is 0.350. The summed E-state index contributed by atoms with van der Waals surface area (Å²) >= 11 is 0. The van der Waals surface area contributed by atoms with Gasteiger partial charge in [-0.25, -0.2) is 0 Å². The van der Waals surface area contributed by atoms with Crippen LogP contribution in [0.2, 0.25) is 0 Å². The highest BCUT2D eigenvalue weighted by molar-refractivity contribution is 5.34. The maximum absolute atomic E-state index is 9.00. The van der Waals surface area contributed by atoms with E-state index in [1.165, 1.54) is 17.5 Å². The van der Waals surface area contributed by atoms with Gasteiger partial charge in [0.15, 0.2) is 0 Å². The summed E-state index contributed by atoms with van der Waals surface area (Å²) in [5.41, 5.74) is 2.91. The van der Waals surface area contributed by atoms with E-state index in [4.69, 9.17) is 5.11 Å². The van der Waals surface area contributed by atoms with Gasteiger partial charge in [-0.1, -0.05) is 31.2 Å². The molecule has 1 aromatic carbocycles. The molecule has 1 aliphatic carbocycles. The van der Waals surface area contributed by atoms with E-state index >= 15 is 0 Å². The van der Waals surface area contributed by atoms with Gasteiger partial charge in [-0.2, -0.15) is 0 Å². The Hall–Kier alpha value is -0.820. The molecule has 0 spiro atoms. The van der Waals surface area contributed by atoms with Crippen molar-refractivity contribution in [3.05, 3.63) is 35.4 Å². The quantitative estimate of drug-likeness (QED) is 0.749. The molecule has 1 nitrogen and oxygen atoms in total. The topological polar surface area (TPSA) is 20.2 Å². The van der Waals surface area contributed by atoms with Crippen LogP contribution in [0.1, 0.15) is 30.4 Å². The van der Waals surface area contributed by atoms with E-state index in [2.05, 4.69) is 31.2 Å². The van der Waals surface area contributed by atoms with E-state index < -0.39 is 0 Å². The Kier molecular flexibility index (Phi) is 2.36. The lowest BCUT2D eigenvalue weighted by atomic mass is 10.0. The highest BCUT2D eigenvalue weighted by Crippen LogP contribution is 2.48. The lowest BCUT2D eigenvalue weighted by molar-refractivity contribution is 0.274. The number of aryl methyl sites for hydroxylation is 1. The molecule has 1 saturated carbocycles. The van der Waals surface area contributed by atoms with Crippen LogP contribution in [-0.2, 0) is 6.42 Å². The minimum Gasteiger partial charge on any atom is -0.396 e. The second-order valence-corrected chi connectivity index (χ2v) is 3.84. The normalized spacial score (nSPS) is 26.0. The molecule has 13 heavy (non-hydrogen) atoms. The number of benzene rings is 1. The van der Waals surface area contributed by atoms with Gasteiger partial charge in [-0.15, -0.1) is 0 Å². The van der Waals surface area contributed by atoms with Crippen molar-refractivity contribution in [1.82, 2.24) is 0 Å². The molecule has 1 heteroatoms. The Morgan fingerprint density at radius 2 is 2.15 bits per heavy atom. The summed E-state index contributed by atoms with van der Waals surface area (Å²) in [6.07, 6.45) is 2.28. The fourth-order valence-electron chi connectivity index (χ4n) is 2.05. The predicted molar refractivity (Wildman–Crippen MR) is 53.8 cm³/mol. The number of rotatable bonds is 3. The van der Waals surface area contributed by atoms with E-state index in [1.54, 1.807) is 0 Å². The van der Waals surface area contributed by atoms with Gasteiger partial charge in [0.05, 0.1) is 0 Å². The summed E-state index contributed by atoms with van der Waals surface area (Å²) < 4.78 is 0. The molecule has 1 aromatic rings. The van der Waals surface area contributed by atoms with Crippen molar-refractivity contribution in [3.63, 3.8) is 0 Å². The summed E-state index contributed by atoms with van der Waals surface area (Å²) in [7, 11) is 0. The average molecular weight is 176 g/mol. The average Bonchev–Trinajstić information content (AvgIpc) is 2.96. The third-order valence-electron chi connectivity index (χ3n) is 2.99. The van der Waals surface area contributed by atoms with Crippen molar-refractivity contribution >= 4 is 0 Å². The highest BCUT2D eigenvalue weighted by Gasteiger charge is 2.38. The van der Waals surface area contributed by atoms with Crippen LogP contribution >= 0.6 is 0 Å². The predicted octanol–water partition coefficient (Wildman–Crippen LogP) is 2.34. The molecule has 0 amide bonds. The van der Waals surface area contributed by atoms with Gasteiger partial charge in [0.1, 0.15) is 0 Å². The fourth-order valence-corrected chi connectivity index (χ4v) is 2.05. The smallest absolute Gasteiger partial charge is 0.0465 e. The second kappa shape index (κ2) is 3.51. The first-order valence-electron chi connectivity index (χ1n) is 5.05. The zero-order valence-corrected chi connectivity index (χ0v) is 8.03. The Morgan fingerprint density at radius 1 is 1.38 bits per heavy atom. The summed E-state index contributed by atoms with van der Waals surface area (Å²) in [6.45, 7) is 2.54. The van der Waals surface area contributed by atoms with E-state index in [9.17, 15) is 0 Å². The van der Waals surface area contributed by atoms with Crippen molar-refractivity contribution in [3.8, 4) is 0 Å². The van der Waals surface area contributed by atoms with Gasteiger partial charge in [0.25, 0.3) is 0 Å². The SMILES string of the molecule is CCc1ccccc1C1CC1CO. The largest absolute Gasteiger partial charge is 0.396 e. The van der Waals surface area contributed by atoms with Crippen LogP contribution in [0.25, 0.3) is 0 Å². The lowest BCUT2D eigenvalue weighted by Crippen LogP contribution is -1.93. The van der Waals surface area contributed by atoms with Crippen LogP contribution in [-0.4, -0.2) is 11.7 Å². The Labute approximate surface area is 79.4 Å². The summed E-state index contributed by atoms with van der Waals surface area (Å²) in [4.78, 5) is 0.